The molecule has 43 valence electrons. The average molecular weight is 140 g/mol. The van der Waals surface area contributed by atoms with E-state index in [1.54, 1.807) is 0 Å². The summed E-state index contributed by atoms with van der Waals surface area (Å²) in [6, 6.07) is 0. The van der Waals surface area contributed by atoms with E-state index in [-0.39, 0.29) is 10.8 Å². The Bertz CT molecular complexity index is 35.3. The lowest BCUT2D eigenvalue weighted by Gasteiger charge is -2.01. The van der Waals surface area contributed by atoms with Crippen LogP contribution < -0.4 is 0 Å². The SMILES string of the molecule is [CH2]C(Cl)CC(C)Cl. The van der Waals surface area contributed by atoms with Crippen LogP contribution in [0.3, 0.4) is 0 Å². The molecule has 0 aliphatic carbocycles. The minimum Gasteiger partial charge on any atom is -0.123 e. The molecular weight excluding hydrogens is 131 g/mol. The van der Waals surface area contributed by atoms with Crippen LogP contribution in [0.2, 0.25) is 0 Å². The first-order valence-corrected chi connectivity index (χ1v) is 3.11. The first-order valence-electron chi connectivity index (χ1n) is 2.24. The third-order valence-electron chi connectivity index (χ3n) is 0.581. The number of hydrogen-bond acceptors (Lipinski definition) is 0. The van der Waals surface area contributed by atoms with E-state index in [2.05, 4.69) is 6.92 Å². The summed E-state index contributed by atoms with van der Waals surface area (Å²) in [5.41, 5.74) is 0. The molecule has 0 fully saturated rings. The van der Waals surface area contributed by atoms with Gasteiger partial charge in [-0.1, -0.05) is 0 Å². The third kappa shape index (κ3) is 6.58. The molecule has 0 rings (SSSR count). The molecule has 0 spiro atoms. The van der Waals surface area contributed by atoms with Crippen LogP contribution in [0.5, 0.6) is 0 Å². The lowest BCUT2D eigenvalue weighted by atomic mass is 10.3. The number of halogens is 2. The van der Waals surface area contributed by atoms with Crippen LogP contribution in [0.4, 0.5) is 0 Å². The minimum atomic E-state index is -0.0347. The lowest BCUT2D eigenvalue weighted by molar-refractivity contribution is 0.828. The molecule has 0 aromatic carbocycles. The van der Waals surface area contributed by atoms with E-state index in [0.29, 0.717) is 0 Å². The van der Waals surface area contributed by atoms with E-state index >= 15 is 0 Å². The Morgan fingerprint density at radius 3 is 2.00 bits per heavy atom. The van der Waals surface area contributed by atoms with Crippen molar-refractivity contribution in [3.8, 4) is 0 Å². The van der Waals surface area contributed by atoms with Crippen molar-refractivity contribution in [3.63, 3.8) is 0 Å². The van der Waals surface area contributed by atoms with Crippen molar-refractivity contribution in [2.75, 3.05) is 0 Å². The number of rotatable bonds is 2. The van der Waals surface area contributed by atoms with Gasteiger partial charge >= 0.3 is 0 Å². The molecule has 0 aliphatic rings. The number of hydrogen-bond donors (Lipinski definition) is 0. The van der Waals surface area contributed by atoms with Gasteiger partial charge in [-0.2, -0.15) is 0 Å². The van der Waals surface area contributed by atoms with Gasteiger partial charge in [0.1, 0.15) is 0 Å². The monoisotopic (exact) mass is 139 g/mol. The largest absolute Gasteiger partial charge is 0.123 e. The summed E-state index contributed by atoms with van der Waals surface area (Å²) in [4.78, 5) is 0. The summed E-state index contributed by atoms with van der Waals surface area (Å²) in [7, 11) is 0. The molecule has 2 heteroatoms. The molecule has 7 heavy (non-hydrogen) atoms. The zero-order valence-corrected chi connectivity index (χ0v) is 5.84. The fourth-order valence-corrected chi connectivity index (χ4v) is 0.926. The van der Waals surface area contributed by atoms with Crippen molar-refractivity contribution in [2.24, 2.45) is 0 Å². The molecule has 0 N–H and O–H groups in total. The predicted molar refractivity (Wildman–Crippen MR) is 34.9 cm³/mol. The smallest absolute Gasteiger partial charge is 0.0350 e. The van der Waals surface area contributed by atoms with Crippen molar-refractivity contribution < 1.29 is 0 Å². The van der Waals surface area contributed by atoms with Crippen LogP contribution in [-0.2, 0) is 0 Å². The Kier molecular flexibility index (Phi) is 3.86. The minimum absolute atomic E-state index is 0.0347. The summed E-state index contributed by atoms with van der Waals surface area (Å²) in [6.45, 7) is 5.46. The molecule has 0 saturated heterocycles. The van der Waals surface area contributed by atoms with Crippen LogP contribution >= 0.6 is 23.2 Å². The quantitative estimate of drug-likeness (QED) is 0.516. The molecule has 0 amide bonds. The van der Waals surface area contributed by atoms with Gasteiger partial charge in [0.05, 0.1) is 0 Å². The van der Waals surface area contributed by atoms with Crippen LogP contribution in [0, 0.1) is 6.92 Å². The van der Waals surface area contributed by atoms with Crippen LogP contribution in [0.15, 0.2) is 0 Å². The van der Waals surface area contributed by atoms with Crippen LogP contribution in [0.1, 0.15) is 13.3 Å². The Labute approximate surface area is 54.8 Å². The molecule has 0 nitrogen and oxygen atoms in total. The van der Waals surface area contributed by atoms with Crippen molar-refractivity contribution in [2.45, 2.75) is 24.1 Å². The van der Waals surface area contributed by atoms with Crippen LogP contribution in [0.25, 0.3) is 0 Å². The highest BCUT2D eigenvalue weighted by Gasteiger charge is 2.00. The van der Waals surface area contributed by atoms with Gasteiger partial charge in [-0.25, -0.2) is 0 Å². The summed E-state index contributed by atoms with van der Waals surface area (Å²) < 4.78 is 0. The average Bonchev–Trinajstić information content (AvgIpc) is 1.27. The molecular formula is C5H9Cl2. The highest BCUT2D eigenvalue weighted by molar-refractivity contribution is 6.23. The van der Waals surface area contributed by atoms with Crippen molar-refractivity contribution in [3.05, 3.63) is 6.92 Å². The zero-order valence-electron chi connectivity index (χ0n) is 4.32. The van der Waals surface area contributed by atoms with E-state index in [1.165, 1.54) is 0 Å². The number of alkyl halides is 2. The topological polar surface area (TPSA) is 0 Å². The van der Waals surface area contributed by atoms with Gasteiger partial charge < -0.3 is 0 Å². The first-order chi connectivity index (χ1) is 3.13. The van der Waals surface area contributed by atoms with Gasteiger partial charge in [0.2, 0.25) is 0 Å². The standard InChI is InChI=1S/C5H9Cl2/c1-4(6)3-5(2)7/h4-5H,1,3H2,2H3. The van der Waals surface area contributed by atoms with Crippen molar-refractivity contribution in [1.29, 1.82) is 0 Å². The summed E-state index contributed by atoms with van der Waals surface area (Å²) in [5.74, 6) is 0. The normalized spacial score (nSPS) is 18.9. The predicted octanol–water partition coefficient (Wildman–Crippen LogP) is 2.45. The fraction of sp³-hybridized carbons (Fsp3) is 0.800. The Hall–Kier alpha value is 0.580. The van der Waals surface area contributed by atoms with Gasteiger partial charge in [0.25, 0.3) is 0 Å². The summed E-state index contributed by atoms with van der Waals surface area (Å²) in [6.07, 6.45) is 0.781. The second-order valence-electron chi connectivity index (χ2n) is 1.61. The molecule has 1 radical (unpaired) electrons. The van der Waals surface area contributed by atoms with E-state index in [0.717, 1.165) is 6.42 Å². The molecule has 0 saturated carbocycles. The Balaban J connectivity index is 2.95. The fourth-order valence-electron chi connectivity index (χ4n) is 0.352. The molecule has 0 bridgehead atoms. The van der Waals surface area contributed by atoms with Gasteiger partial charge in [-0.05, 0) is 20.3 Å². The Morgan fingerprint density at radius 1 is 1.57 bits per heavy atom. The summed E-state index contributed by atoms with van der Waals surface area (Å²) in [5, 5.41) is 0.118. The molecule has 0 aromatic heterocycles. The maximum atomic E-state index is 5.55. The maximum Gasteiger partial charge on any atom is 0.0350 e. The molecule has 0 aromatic rings. The van der Waals surface area contributed by atoms with Gasteiger partial charge in [-0.3, -0.25) is 0 Å². The second kappa shape index (κ2) is 3.57. The first kappa shape index (κ1) is 7.58. The van der Waals surface area contributed by atoms with Crippen LogP contribution in [-0.4, -0.2) is 10.8 Å². The van der Waals surface area contributed by atoms with Crippen molar-refractivity contribution in [1.82, 2.24) is 0 Å². The summed E-state index contributed by atoms with van der Waals surface area (Å²) >= 11 is 11.0. The molecule has 0 aliphatic heterocycles. The van der Waals surface area contributed by atoms with E-state index in [4.69, 9.17) is 23.2 Å². The second-order valence-corrected chi connectivity index (χ2v) is 2.98. The third-order valence-corrected chi connectivity index (χ3v) is 0.937. The molecule has 2 unspecified atom stereocenters. The van der Waals surface area contributed by atoms with Gasteiger partial charge in [-0.15, -0.1) is 23.2 Å². The highest BCUT2D eigenvalue weighted by Crippen LogP contribution is 2.07. The van der Waals surface area contributed by atoms with E-state index < -0.39 is 0 Å². The zero-order chi connectivity index (χ0) is 5.86. The Morgan fingerprint density at radius 2 is 2.00 bits per heavy atom. The molecule has 0 heterocycles. The van der Waals surface area contributed by atoms with E-state index in [9.17, 15) is 0 Å². The highest BCUT2D eigenvalue weighted by atomic mass is 35.5. The maximum absolute atomic E-state index is 5.55. The molecule has 2 atom stereocenters. The van der Waals surface area contributed by atoms with Gasteiger partial charge in [0, 0.05) is 10.8 Å². The van der Waals surface area contributed by atoms with Gasteiger partial charge in [0.15, 0.2) is 0 Å². The van der Waals surface area contributed by atoms with E-state index in [1.807, 2.05) is 6.92 Å². The van der Waals surface area contributed by atoms with Crippen molar-refractivity contribution >= 4 is 23.2 Å². The lowest BCUT2D eigenvalue weighted by Crippen LogP contribution is -1.99.